The van der Waals surface area contributed by atoms with E-state index in [4.69, 9.17) is 37.9 Å². The van der Waals surface area contributed by atoms with Gasteiger partial charge in [-0.1, -0.05) is 0 Å². The zero-order chi connectivity index (χ0) is 14.4. The molecule has 0 amide bonds. The van der Waals surface area contributed by atoms with Crippen molar-refractivity contribution in [3.05, 3.63) is 0 Å². The lowest BCUT2D eigenvalue weighted by atomic mass is 10.0. The molecule has 0 saturated carbocycles. The molecule has 0 aromatic carbocycles. The van der Waals surface area contributed by atoms with Crippen LogP contribution in [0.2, 0.25) is 0 Å². The highest BCUT2D eigenvalue weighted by molar-refractivity contribution is 4.95. The van der Waals surface area contributed by atoms with Gasteiger partial charge in [-0.25, -0.2) is 0 Å². The Hall–Kier alpha value is -0.320. The van der Waals surface area contributed by atoms with E-state index in [0.717, 1.165) is 0 Å². The maximum atomic E-state index is 5.72. The van der Waals surface area contributed by atoms with Gasteiger partial charge in [-0.05, 0) is 0 Å². The first-order valence-electron chi connectivity index (χ1n) is 6.40. The van der Waals surface area contributed by atoms with Crippen molar-refractivity contribution in [2.75, 3.05) is 48.3 Å². The molecule has 8 heteroatoms. The molecule has 0 aromatic heterocycles. The van der Waals surface area contributed by atoms with E-state index in [-0.39, 0.29) is 38.7 Å². The molecule has 0 aromatic rings. The quantitative estimate of drug-likeness (QED) is 0.537. The van der Waals surface area contributed by atoms with Gasteiger partial charge in [0.05, 0.1) is 6.61 Å². The Balaban J connectivity index is 2.05. The molecule has 0 spiro atoms. The normalized spacial score (nSPS) is 36.5. The second-order valence-electron chi connectivity index (χ2n) is 4.49. The summed E-state index contributed by atoms with van der Waals surface area (Å²) >= 11 is 0. The first-order chi connectivity index (χ1) is 9.81. The van der Waals surface area contributed by atoms with Crippen LogP contribution in [0.5, 0.6) is 0 Å². The van der Waals surface area contributed by atoms with Crippen molar-refractivity contribution in [1.29, 1.82) is 0 Å². The summed E-state index contributed by atoms with van der Waals surface area (Å²) < 4.78 is 43.1. The number of rotatable bonds is 9. The third-order valence-corrected chi connectivity index (χ3v) is 3.15. The molecule has 2 aliphatic heterocycles. The SMILES string of the molecule is COCO[C@@H]1[C@@H](OCOC)[C@@H]2OC[C@@H](O2)[C@H]1OCOC. The first kappa shape index (κ1) is 16.1. The average Bonchev–Trinajstić information content (AvgIpc) is 2.89. The lowest BCUT2D eigenvalue weighted by Gasteiger charge is -2.39. The minimum atomic E-state index is -0.487. The van der Waals surface area contributed by atoms with Gasteiger partial charge in [0.25, 0.3) is 0 Å². The lowest BCUT2D eigenvalue weighted by molar-refractivity contribution is -0.292. The second kappa shape index (κ2) is 8.20. The molecule has 5 atom stereocenters. The van der Waals surface area contributed by atoms with Crippen LogP contribution >= 0.6 is 0 Å². The molecular formula is C12H22O8. The van der Waals surface area contributed by atoms with Gasteiger partial charge < -0.3 is 37.9 Å². The van der Waals surface area contributed by atoms with Crippen LogP contribution < -0.4 is 0 Å². The van der Waals surface area contributed by atoms with Crippen molar-refractivity contribution >= 4 is 0 Å². The predicted octanol–water partition coefficient (Wildman–Crippen LogP) is -0.291. The van der Waals surface area contributed by atoms with Crippen LogP contribution in [0.15, 0.2) is 0 Å². The third kappa shape index (κ3) is 3.66. The average molecular weight is 294 g/mol. The zero-order valence-electron chi connectivity index (χ0n) is 12.0. The molecule has 0 radical (unpaired) electrons. The van der Waals surface area contributed by atoms with E-state index >= 15 is 0 Å². The predicted molar refractivity (Wildman–Crippen MR) is 64.9 cm³/mol. The number of fused-ring (bicyclic) bond motifs is 2. The molecule has 2 aliphatic rings. The fraction of sp³-hybridized carbons (Fsp3) is 1.00. The molecule has 0 aliphatic carbocycles. The number of ether oxygens (including phenoxy) is 8. The summed E-state index contributed by atoms with van der Waals surface area (Å²) in [4.78, 5) is 0. The van der Waals surface area contributed by atoms with Crippen LogP contribution in [0.4, 0.5) is 0 Å². The van der Waals surface area contributed by atoms with E-state index in [1.54, 1.807) is 21.3 Å². The summed E-state index contributed by atoms with van der Waals surface area (Å²) in [5, 5.41) is 0. The molecule has 8 nitrogen and oxygen atoms in total. The summed E-state index contributed by atoms with van der Waals surface area (Å²) in [6, 6.07) is 0. The van der Waals surface area contributed by atoms with Gasteiger partial charge in [0, 0.05) is 21.3 Å². The maximum Gasteiger partial charge on any atom is 0.187 e. The fourth-order valence-electron chi connectivity index (χ4n) is 2.34. The third-order valence-electron chi connectivity index (χ3n) is 3.15. The summed E-state index contributed by atoms with van der Waals surface area (Å²) in [5.74, 6) is 0. The summed E-state index contributed by atoms with van der Waals surface area (Å²) in [6.07, 6.45) is -1.89. The highest BCUT2D eigenvalue weighted by atomic mass is 16.8. The summed E-state index contributed by atoms with van der Waals surface area (Å²) in [7, 11) is 4.66. The monoisotopic (exact) mass is 294 g/mol. The Kier molecular flexibility index (Phi) is 6.59. The van der Waals surface area contributed by atoms with Crippen molar-refractivity contribution in [3.8, 4) is 0 Å². The number of hydrogen-bond acceptors (Lipinski definition) is 8. The standard InChI is InChI=1S/C12H22O8/c1-13-5-17-9-8-4-16-12(20-8)11(19-7-15-3)10(9)18-6-14-2/h8-12H,4-7H2,1-3H3/t8-,9-,10+,11-,12-/m1/s1. The van der Waals surface area contributed by atoms with E-state index in [9.17, 15) is 0 Å². The zero-order valence-corrected chi connectivity index (χ0v) is 12.0. The van der Waals surface area contributed by atoms with E-state index < -0.39 is 12.4 Å². The van der Waals surface area contributed by atoms with E-state index in [1.807, 2.05) is 0 Å². The fourth-order valence-corrected chi connectivity index (χ4v) is 2.34. The molecule has 0 unspecified atom stereocenters. The Morgan fingerprint density at radius 3 is 1.95 bits per heavy atom. The molecule has 0 N–H and O–H groups in total. The van der Waals surface area contributed by atoms with Crippen molar-refractivity contribution in [1.82, 2.24) is 0 Å². The number of hydrogen-bond donors (Lipinski definition) is 0. The van der Waals surface area contributed by atoms with Gasteiger partial charge in [0.15, 0.2) is 6.29 Å². The van der Waals surface area contributed by atoms with Crippen LogP contribution in [-0.2, 0) is 37.9 Å². The molecule has 2 bridgehead atoms. The highest BCUT2D eigenvalue weighted by Crippen LogP contribution is 2.33. The number of methoxy groups -OCH3 is 3. The van der Waals surface area contributed by atoms with Gasteiger partial charge in [-0.3, -0.25) is 0 Å². The summed E-state index contributed by atoms with van der Waals surface area (Å²) in [5.41, 5.74) is 0. The Bertz CT molecular complexity index is 254. The van der Waals surface area contributed by atoms with Crippen molar-refractivity contribution in [2.45, 2.75) is 30.7 Å². The largest absolute Gasteiger partial charge is 0.359 e. The second-order valence-corrected chi connectivity index (χ2v) is 4.49. The van der Waals surface area contributed by atoms with Gasteiger partial charge >= 0.3 is 0 Å². The Labute approximate surface area is 118 Å². The molecule has 20 heavy (non-hydrogen) atoms. The molecule has 2 rings (SSSR count). The van der Waals surface area contributed by atoms with Crippen LogP contribution in [-0.4, -0.2) is 79.0 Å². The molecule has 2 saturated heterocycles. The molecule has 2 fully saturated rings. The summed E-state index contributed by atoms with van der Waals surface area (Å²) in [6.45, 7) is 0.809. The lowest BCUT2D eigenvalue weighted by Crippen LogP contribution is -2.57. The Morgan fingerprint density at radius 2 is 1.35 bits per heavy atom. The molecular weight excluding hydrogens is 272 g/mol. The van der Waals surface area contributed by atoms with Crippen molar-refractivity contribution < 1.29 is 37.9 Å². The van der Waals surface area contributed by atoms with Crippen molar-refractivity contribution in [3.63, 3.8) is 0 Å². The molecule has 2 heterocycles. The van der Waals surface area contributed by atoms with Gasteiger partial charge in [0.2, 0.25) is 0 Å². The van der Waals surface area contributed by atoms with Crippen molar-refractivity contribution in [2.24, 2.45) is 0 Å². The van der Waals surface area contributed by atoms with Crippen LogP contribution in [0.25, 0.3) is 0 Å². The topological polar surface area (TPSA) is 73.8 Å². The van der Waals surface area contributed by atoms with Crippen LogP contribution in [0.1, 0.15) is 0 Å². The minimum absolute atomic E-state index is 0.113. The smallest absolute Gasteiger partial charge is 0.187 e. The molecule has 118 valence electrons. The van der Waals surface area contributed by atoms with Crippen LogP contribution in [0.3, 0.4) is 0 Å². The first-order valence-corrected chi connectivity index (χ1v) is 6.40. The minimum Gasteiger partial charge on any atom is -0.359 e. The van der Waals surface area contributed by atoms with Crippen LogP contribution in [0, 0.1) is 0 Å². The van der Waals surface area contributed by atoms with E-state index in [0.29, 0.717) is 6.61 Å². The highest BCUT2D eigenvalue weighted by Gasteiger charge is 2.52. The maximum absolute atomic E-state index is 5.72. The van der Waals surface area contributed by atoms with Gasteiger partial charge in [0.1, 0.15) is 44.8 Å². The Morgan fingerprint density at radius 1 is 0.800 bits per heavy atom. The van der Waals surface area contributed by atoms with E-state index in [2.05, 4.69) is 0 Å². The van der Waals surface area contributed by atoms with Gasteiger partial charge in [-0.15, -0.1) is 0 Å². The van der Waals surface area contributed by atoms with Gasteiger partial charge in [-0.2, -0.15) is 0 Å². The van der Waals surface area contributed by atoms with E-state index in [1.165, 1.54) is 0 Å².